The van der Waals surface area contributed by atoms with Gasteiger partial charge in [0.1, 0.15) is 0 Å². The predicted octanol–water partition coefficient (Wildman–Crippen LogP) is 4.23. The van der Waals surface area contributed by atoms with E-state index in [0.29, 0.717) is 10.0 Å². The zero-order valence-electron chi connectivity index (χ0n) is 11.1. The van der Waals surface area contributed by atoms with Gasteiger partial charge in [0.2, 0.25) is 0 Å². The molecule has 1 heterocycles. The molecular weight excluding hydrogens is 305 g/mol. The van der Waals surface area contributed by atoms with Gasteiger partial charge >= 0.3 is 0 Å². The molecule has 0 spiro atoms. The molecule has 0 aliphatic carbocycles. The number of aromatic nitrogens is 2. The molecule has 1 aromatic heterocycles. The number of rotatable bonds is 3. The van der Waals surface area contributed by atoms with E-state index < -0.39 is 0 Å². The van der Waals surface area contributed by atoms with Crippen molar-refractivity contribution in [3.8, 4) is 5.69 Å². The van der Waals surface area contributed by atoms with E-state index in [0.717, 1.165) is 16.9 Å². The van der Waals surface area contributed by atoms with Crippen molar-refractivity contribution in [3.63, 3.8) is 0 Å². The standard InChI is InChI=1S/C16H13Cl2N3/c17-11-6-7-13(14(18)10-11)16(19)15-8-9-20-21(15)12-4-2-1-3-5-12/h1-10,16H,19H2. The van der Waals surface area contributed by atoms with Crippen molar-refractivity contribution < 1.29 is 0 Å². The van der Waals surface area contributed by atoms with Crippen LogP contribution in [0, 0.1) is 0 Å². The van der Waals surface area contributed by atoms with E-state index in [1.54, 1.807) is 18.3 Å². The molecule has 21 heavy (non-hydrogen) atoms. The number of benzene rings is 2. The van der Waals surface area contributed by atoms with E-state index in [1.165, 1.54) is 0 Å². The van der Waals surface area contributed by atoms with E-state index in [4.69, 9.17) is 28.9 Å². The summed E-state index contributed by atoms with van der Waals surface area (Å²) in [6, 6.07) is 16.7. The molecule has 0 aliphatic rings. The first-order valence-electron chi connectivity index (χ1n) is 6.46. The van der Waals surface area contributed by atoms with Gasteiger partial charge in [-0.1, -0.05) is 47.5 Å². The van der Waals surface area contributed by atoms with Crippen LogP contribution in [0.1, 0.15) is 17.3 Å². The maximum atomic E-state index is 6.36. The van der Waals surface area contributed by atoms with Crippen molar-refractivity contribution in [2.24, 2.45) is 5.73 Å². The molecular formula is C16H13Cl2N3. The largest absolute Gasteiger partial charge is 0.319 e. The molecule has 3 rings (SSSR count). The highest BCUT2D eigenvalue weighted by Crippen LogP contribution is 2.29. The Hall–Kier alpha value is -1.81. The fourth-order valence-corrected chi connectivity index (χ4v) is 2.77. The van der Waals surface area contributed by atoms with Crippen molar-refractivity contribution in [3.05, 3.63) is 82.1 Å². The molecule has 0 amide bonds. The van der Waals surface area contributed by atoms with E-state index in [1.807, 2.05) is 47.1 Å². The molecule has 0 bridgehead atoms. The summed E-state index contributed by atoms with van der Waals surface area (Å²) in [5, 5.41) is 5.49. The zero-order chi connectivity index (χ0) is 14.8. The molecule has 106 valence electrons. The summed E-state index contributed by atoms with van der Waals surface area (Å²) in [5.74, 6) is 0. The minimum absolute atomic E-state index is 0.377. The van der Waals surface area contributed by atoms with Crippen LogP contribution in [-0.2, 0) is 0 Å². The first-order valence-corrected chi connectivity index (χ1v) is 7.22. The van der Waals surface area contributed by atoms with Gasteiger partial charge in [-0.05, 0) is 35.9 Å². The van der Waals surface area contributed by atoms with Crippen LogP contribution in [0.2, 0.25) is 10.0 Å². The monoisotopic (exact) mass is 317 g/mol. The summed E-state index contributed by atoms with van der Waals surface area (Å²) in [4.78, 5) is 0. The summed E-state index contributed by atoms with van der Waals surface area (Å²) in [6.07, 6.45) is 1.73. The Kier molecular flexibility index (Phi) is 3.97. The predicted molar refractivity (Wildman–Crippen MR) is 86.1 cm³/mol. The SMILES string of the molecule is NC(c1ccc(Cl)cc1Cl)c1ccnn1-c1ccccc1. The Labute approximate surface area is 132 Å². The van der Waals surface area contributed by atoms with Gasteiger partial charge in [-0.15, -0.1) is 0 Å². The summed E-state index contributed by atoms with van der Waals surface area (Å²) in [7, 11) is 0. The van der Waals surface area contributed by atoms with Crippen LogP contribution in [0.15, 0.2) is 60.8 Å². The Morgan fingerprint density at radius 2 is 1.76 bits per heavy atom. The molecule has 2 aromatic carbocycles. The van der Waals surface area contributed by atoms with E-state index >= 15 is 0 Å². The van der Waals surface area contributed by atoms with Gasteiger partial charge in [0.15, 0.2) is 0 Å². The second-order valence-corrected chi connectivity index (χ2v) is 5.49. The third kappa shape index (κ3) is 2.81. The van der Waals surface area contributed by atoms with Gasteiger partial charge in [-0.2, -0.15) is 5.10 Å². The Morgan fingerprint density at radius 3 is 2.48 bits per heavy atom. The maximum absolute atomic E-state index is 6.36. The van der Waals surface area contributed by atoms with Gasteiger partial charge in [-0.25, -0.2) is 4.68 Å². The van der Waals surface area contributed by atoms with Crippen molar-refractivity contribution in [2.75, 3.05) is 0 Å². The number of hydrogen-bond donors (Lipinski definition) is 1. The molecule has 0 fully saturated rings. The Morgan fingerprint density at radius 1 is 1.00 bits per heavy atom. The number of nitrogens with two attached hydrogens (primary N) is 1. The molecule has 3 nitrogen and oxygen atoms in total. The molecule has 2 N–H and O–H groups in total. The number of para-hydroxylation sites is 1. The number of nitrogens with zero attached hydrogens (tertiary/aromatic N) is 2. The van der Waals surface area contributed by atoms with Crippen LogP contribution in [0.4, 0.5) is 0 Å². The van der Waals surface area contributed by atoms with E-state index in [2.05, 4.69) is 5.10 Å². The second kappa shape index (κ2) is 5.90. The normalized spacial score (nSPS) is 12.3. The molecule has 5 heteroatoms. The first kappa shape index (κ1) is 14.1. The first-order chi connectivity index (χ1) is 10.2. The number of hydrogen-bond acceptors (Lipinski definition) is 2. The van der Waals surface area contributed by atoms with Gasteiger partial charge in [0.05, 0.1) is 17.4 Å². The van der Waals surface area contributed by atoms with Crippen molar-refractivity contribution in [1.82, 2.24) is 9.78 Å². The lowest BCUT2D eigenvalue weighted by Gasteiger charge is -2.16. The summed E-state index contributed by atoms with van der Waals surface area (Å²) in [6.45, 7) is 0. The summed E-state index contributed by atoms with van der Waals surface area (Å²) in [5.41, 5.74) is 9.00. The minimum Gasteiger partial charge on any atom is -0.319 e. The van der Waals surface area contributed by atoms with Gasteiger partial charge in [-0.3, -0.25) is 0 Å². The van der Waals surface area contributed by atoms with Crippen molar-refractivity contribution in [1.29, 1.82) is 0 Å². The fourth-order valence-electron chi connectivity index (χ4n) is 2.25. The average Bonchev–Trinajstić information content (AvgIpc) is 2.97. The Bertz CT molecular complexity index is 753. The molecule has 0 radical (unpaired) electrons. The molecule has 3 aromatic rings. The lowest BCUT2D eigenvalue weighted by molar-refractivity contribution is 0.739. The summed E-state index contributed by atoms with van der Waals surface area (Å²) >= 11 is 12.2. The average molecular weight is 318 g/mol. The highest BCUT2D eigenvalue weighted by atomic mass is 35.5. The third-order valence-corrected chi connectivity index (χ3v) is 3.85. The quantitative estimate of drug-likeness (QED) is 0.785. The second-order valence-electron chi connectivity index (χ2n) is 4.65. The molecule has 1 unspecified atom stereocenters. The topological polar surface area (TPSA) is 43.8 Å². The van der Waals surface area contributed by atoms with Crippen LogP contribution in [0.3, 0.4) is 0 Å². The third-order valence-electron chi connectivity index (χ3n) is 3.29. The lowest BCUT2D eigenvalue weighted by atomic mass is 10.0. The van der Waals surface area contributed by atoms with E-state index in [9.17, 15) is 0 Å². The van der Waals surface area contributed by atoms with Crippen molar-refractivity contribution in [2.45, 2.75) is 6.04 Å². The zero-order valence-corrected chi connectivity index (χ0v) is 12.6. The van der Waals surface area contributed by atoms with Crippen LogP contribution >= 0.6 is 23.2 Å². The van der Waals surface area contributed by atoms with Crippen LogP contribution < -0.4 is 5.73 Å². The highest BCUT2D eigenvalue weighted by molar-refractivity contribution is 6.35. The Balaban J connectivity index is 2.03. The van der Waals surface area contributed by atoms with Gasteiger partial charge < -0.3 is 5.73 Å². The molecule has 1 atom stereocenters. The number of halogens is 2. The molecule has 0 aliphatic heterocycles. The van der Waals surface area contributed by atoms with Gasteiger partial charge in [0.25, 0.3) is 0 Å². The van der Waals surface area contributed by atoms with Gasteiger partial charge in [0, 0.05) is 16.2 Å². The minimum atomic E-state index is -0.377. The smallest absolute Gasteiger partial charge is 0.0742 e. The molecule has 0 saturated heterocycles. The van der Waals surface area contributed by atoms with Crippen molar-refractivity contribution >= 4 is 23.2 Å². The maximum Gasteiger partial charge on any atom is 0.0742 e. The lowest BCUT2D eigenvalue weighted by Crippen LogP contribution is -2.17. The van der Waals surface area contributed by atoms with E-state index in [-0.39, 0.29) is 6.04 Å². The molecule has 0 saturated carbocycles. The highest BCUT2D eigenvalue weighted by Gasteiger charge is 2.17. The van der Waals surface area contributed by atoms with Crippen LogP contribution in [0.5, 0.6) is 0 Å². The summed E-state index contributed by atoms with van der Waals surface area (Å²) < 4.78 is 1.82. The van der Waals surface area contributed by atoms with Crippen LogP contribution in [-0.4, -0.2) is 9.78 Å². The fraction of sp³-hybridized carbons (Fsp3) is 0.0625. The van der Waals surface area contributed by atoms with Crippen LogP contribution in [0.25, 0.3) is 5.69 Å².